The van der Waals surface area contributed by atoms with E-state index in [1.165, 1.54) is 7.05 Å². The summed E-state index contributed by atoms with van der Waals surface area (Å²) in [5, 5.41) is 0. The van der Waals surface area contributed by atoms with E-state index in [0.717, 1.165) is 4.31 Å². The molecule has 0 heterocycles. The van der Waals surface area contributed by atoms with E-state index in [1.54, 1.807) is 0 Å². The molecule has 0 aliphatic heterocycles. The van der Waals surface area contributed by atoms with Gasteiger partial charge < -0.3 is 5.73 Å². The molecule has 15 heavy (non-hydrogen) atoms. The molecule has 0 unspecified atom stereocenters. The van der Waals surface area contributed by atoms with Crippen molar-refractivity contribution in [1.82, 2.24) is 4.31 Å². The van der Waals surface area contributed by atoms with Crippen LogP contribution in [0.4, 0.5) is 8.78 Å². The topological polar surface area (TPSA) is 63.4 Å². The predicted octanol–water partition coefficient (Wildman–Crippen LogP) is 0.741. The number of alkyl halides is 2. The fourth-order valence-electron chi connectivity index (χ4n) is 1.80. The summed E-state index contributed by atoms with van der Waals surface area (Å²) in [6.45, 7) is 0. The molecule has 1 fully saturated rings. The smallest absolute Gasteiger partial charge is 0.328 e. The van der Waals surface area contributed by atoms with E-state index < -0.39 is 15.8 Å². The maximum atomic E-state index is 12.2. The van der Waals surface area contributed by atoms with Crippen LogP contribution in [-0.2, 0) is 10.0 Å². The molecule has 0 atom stereocenters. The van der Waals surface area contributed by atoms with Crippen molar-refractivity contribution in [1.29, 1.82) is 0 Å². The Labute approximate surface area is 88.5 Å². The molecule has 0 radical (unpaired) electrons. The summed E-state index contributed by atoms with van der Waals surface area (Å²) in [6, 6.07) is -0.257. The standard InChI is InChI=1S/C8H16F2N2O2S/c1-12(15(13,14)8(9)10)7-4-2-6(11)3-5-7/h6-8H,2-5,11H2,1H3. The van der Waals surface area contributed by atoms with Gasteiger partial charge in [-0.2, -0.15) is 13.1 Å². The first-order valence-corrected chi connectivity index (χ1v) is 6.36. The molecule has 4 nitrogen and oxygen atoms in total. The van der Waals surface area contributed by atoms with Crippen molar-refractivity contribution in [2.45, 2.75) is 43.5 Å². The van der Waals surface area contributed by atoms with Crippen LogP contribution in [-0.4, -0.2) is 37.6 Å². The van der Waals surface area contributed by atoms with Crippen molar-refractivity contribution in [2.24, 2.45) is 5.73 Å². The van der Waals surface area contributed by atoms with E-state index in [0.29, 0.717) is 25.7 Å². The molecule has 7 heteroatoms. The average Bonchev–Trinajstić information content (AvgIpc) is 2.17. The third-order valence-electron chi connectivity index (χ3n) is 2.88. The number of hydrogen-bond acceptors (Lipinski definition) is 3. The molecule has 0 amide bonds. The second-order valence-electron chi connectivity index (χ2n) is 3.89. The lowest BCUT2D eigenvalue weighted by Gasteiger charge is -2.32. The van der Waals surface area contributed by atoms with Gasteiger partial charge in [0.05, 0.1) is 0 Å². The fourth-order valence-corrected chi connectivity index (χ4v) is 2.68. The third-order valence-corrected chi connectivity index (χ3v) is 4.43. The number of hydrogen-bond donors (Lipinski definition) is 1. The van der Waals surface area contributed by atoms with Crippen LogP contribution in [0.5, 0.6) is 0 Å². The Morgan fingerprint density at radius 3 is 2.13 bits per heavy atom. The highest BCUT2D eigenvalue weighted by Gasteiger charge is 2.35. The molecular formula is C8H16F2N2O2S. The summed E-state index contributed by atoms with van der Waals surface area (Å²) in [5.74, 6) is -3.34. The fraction of sp³-hybridized carbons (Fsp3) is 1.00. The van der Waals surface area contributed by atoms with Crippen LogP contribution in [0.25, 0.3) is 0 Å². The minimum atomic E-state index is -4.43. The first-order valence-electron chi connectivity index (χ1n) is 4.86. The zero-order chi connectivity index (χ0) is 11.6. The van der Waals surface area contributed by atoms with E-state index in [1.807, 2.05) is 0 Å². The minimum absolute atomic E-state index is 0.0731. The monoisotopic (exact) mass is 242 g/mol. The quantitative estimate of drug-likeness (QED) is 0.794. The molecule has 0 bridgehead atoms. The Kier molecular flexibility index (Phi) is 4.02. The number of halogens is 2. The molecule has 1 aliphatic rings. The van der Waals surface area contributed by atoms with Gasteiger partial charge in [-0.1, -0.05) is 0 Å². The highest BCUT2D eigenvalue weighted by molar-refractivity contribution is 7.89. The Balaban J connectivity index is 2.65. The second kappa shape index (κ2) is 4.71. The Bertz CT molecular complexity index is 300. The Hall–Kier alpha value is -0.270. The van der Waals surface area contributed by atoms with Gasteiger partial charge in [0.25, 0.3) is 10.0 Å². The van der Waals surface area contributed by atoms with Crippen LogP contribution in [0, 0.1) is 0 Å². The van der Waals surface area contributed by atoms with Gasteiger partial charge >= 0.3 is 5.76 Å². The molecule has 1 saturated carbocycles. The number of nitrogens with two attached hydrogens (primary N) is 1. The molecule has 0 spiro atoms. The first-order chi connectivity index (χ1) is 6.85. The molecule has 0 aromatic heterocycles. The van der Waals surface area contributed by atoms with Crippen LogP contribution < -0.4 is 5.73 Å². The van der Waals surface area contributed by atoms with Gasteiger partial charge in [-0.25, -0.2) is 8.42 Å². The van der Waals surface area contributed by atoms with Crippen molar-refractivity contribution in [3.8, 4) is 0 Å². The van der Waals surface area contributed by atoms with Crippen molar-refractivity contribution >= 4 is 10.0 Å². The van der Waals surface area contributed by atoms with Crippen molar-refractivity contribution in [2.75, 3.05) is 7.05 Å². The normalized spacial score (nSPS) is 28.7. The van der Waals surface area contributed by atoms with Crippen molar-refractivity contribution in [3.05, 3.63) is 0 Å². The predicted molar refractivity (Wildman–Crippen MR) is 52.9 cm³/mol. The summed E-state index contributed by atoms with van der Waals surface area (Å²) in [4.78, 5) is 0. The SMILES string of the molecule is CN(C1CCC(N)CC1)S(=O)(=O)C(F)F. The summed E-state index contributed by atoms with van der Waals surface area (Å²) in [7, 11) is -3.22. The molecule has 90 valence electrons. The van der Waals surface area contributed by atoms with Gasteiger partial charge in [0.2, 0.25) is 0 Å². The van der Waals surface area contributed by atoms with E-state index in [9.17, 15) is 17.2 Å². The summed E-state index contributed by atoms with van der Waals surface area (Å²) >= 11 is 0. The minimum Gasteiger partial charge on any atom is -0.328 e. The van der Waals surface area contributed by atoms with E-state index in [4.69, 9.17) is 5.73 Å². The Morgan fingerprint density at radius 1 is 1.27 bits per heavy atom. The summed E-state index contributed by atoms with van der Waals surface area (Å²) < 4.78 is 47.6. The van der Waals surface area contributed by atoms with Crippen LogP contribution in [0.2, 0.25) is 0 Å². The first kappa shape index (κ1) is 12.8. The maximum Gasteiger partial charge on any atom is 0.350 e. The van der Waals surface area contributed by atoms with Crippen LogP contribution in [0.15, 0.2) is 0 Å². The summed E-state index contributed by atoms with van der Waals surface area (Å²) in [6.07, 6.45) is 2.49. The molecule has 1 aliphatic carbocycles. The van der Waals surface area contributed by atoms with Crippen LogP contribution >= 0.6 is 0 Å². The van der Waals surface area contributed by atoms with Gasteiger partial charge in [0.15, 0.2) is 0 Å². The molecule has 0 aromatic rings. The molecular weight excluding hydrogens is 226 g/mol. The second-order valence-corrected chi connectivity index (χ2v) is 5.85. The number of sulfonamides is 1. The highest BCUT2D eigenvalue weighted by atomic mass is 32.2. The lowest BCUT2D eigenvalue weighted by molar-refractivity contribution is 0.203. The zero-order valence-electron chi connectivity index (χ0n) is 8.57. The Morgan fingerprint density at radius 2 is 1.73 bits per heavy atom. The van der Waals surface area contributed by atoms with Gasteiger partial charge in [-0.3, -0.25) is 0 Å². The highest BCUT2D eigenvalue weighted by Crippen LogP contribution is 2.24. The van der Waals surface area contributed by atoms with E-state index in [2.05, 4.69) is 0 Å². The van der Waals surface area contributed by atoms with Crippen LogP contribution in [0.1, 0.15) is 25.7 Å². The van der Waals surface area contributed by atoms with Gasteiger partial charge in [-0.15, -0.1) is 0 Å². The van der Waals surface area contributed by atoms with Gasteiger partial charge in [-0.05, 0) is 25.7 Å². The molecule has 0 aromatic carbocycles. The number of nitrogens with zero attached hydrogens (tertiary/aromatic N) is 1. The van der Waals surface area contributed by atoms with Gasteiger partial charge in [0.1, 0.15) is 0 Å². The third kappa shape index (κ3) is 2.85. The average molecular weight is 242 g/mol. The van der Waals surface area contributed by atoms with E-state index >= 15 is 0 Å². The van der Waals surface area contributed by atoms with E-state index in [-0.39, 0.29) is 12.1 Å². The van der Waals surface area contributed by atoms with Gasteiger partial charge in [0, 0.05) is 19.1 Å². The molecule has 1 rings (SSSR count). The largest absolute Gasteiger partial charge is 0.350 e. The lowest BCUT2D eigenvalue weighted by atomic mass is 9.92. The lowest BCUT2D eigenvalue weighted by Crippen LogP contribution is -2.43. The molecule has 0 saturated heterocycles. The number of rotatable bonds is 3. The van der Waals surface area contributed by atoms with Crippen molar-refractivity contribution in [3.63, 3.8) is 0 Å². The molecule has 2 N–H and O–H groups in total. The maximum absolute atomic E-state index is 12.2. The van der Waals surface area contributed by atoms with Crippen molar-refractivity contribution < 1.29 is 17.2 Å². The zero-order valence-corrected chi connectivity index (χ0v) is 9.38. The van der Waals surface area contributed by atoms with Crippen LogP contribution in [0.3, 0.4) is 0 Å². The summed E-state index contributed by atoms with van der Waals surface area (Å²) in [5.41, 5.74) is 5.65.